The molecule has 0 aromatic carbocycles. The van der Waals surface area contributed by atoms with Gasteiger partial charge in [0.05, 0.1) is 26.4 Å². The predicted molar refractivity (Wildman–Crippen MR) is 132 cm³/mol. The van der Waals surface area contributed by atoms with Gasteiger partial charge in [-0.15, -0.1) is 0 Å². The zero-order valence-corrected chi connectivity index (χ0v) is 20.8. The summed E-state index contributed by atoms with van der Waals surface area (Å²) < 4.78 is 10.8. The van der Waals surface area contributed by atoms with Crippen molar-refractivity contribution in [2.75, 3.05) is 39.6 Å². The Labute approximate surface area is 193 Å². The second-order valence-corrected chi connectivity index (χ2v) is 9.23. The van der Waals surface area contributed by atoms with Crippen LogP contribution in [0.4, 0.5) is 0 Å². The van der Waals surface area contributed by atoms with Crippen LogP contribution >= 0.6 is 0 Å². The van der Waals surface area contributed by atoms with Crippen molar-refractivity contribution in [1.29, 1.82) is 0 Å². The molecule has 0 rings (SSSR count). The summed E-state index contributed by atoms with van der Waals surface area (Å²) in [5.41, 5.74) is 6.36. The number of hydrogen-bond acceptors (Lipinski definition) is 5. The average molecular weight is 446 g/mol. The van der Waals surface area contributed by atoms with Crippen LogP contribution < -0.4 is 5.73 Å². The Bertz CT molecular complexity index is 329. The Morgan fingerprint density at radius 3 is 1.23 bits per heavy atom. The molecule has 31 heavy (non-hydrogen) atoms. The molecule has 0 amide bonds. The summed E-state index contributed by atoms with van der Waals surface area (Å²) >= 11 is 0. The number of aliphatic hydroxyl groups is 2. The Hall–Kier alpha value is -0.200. The van der Waals surface area contributed by atoms with E-state index in [2.05, 4.69) is 6.92 Å². The lowest BCUT2D eigenvalue weighted by Gasteiger charge is -2.29. The molecule has 0 heterocycles. The summed E-state index contributed by atoms with van der Waals surface area (Å²) in [5, 5.41) is 17.7. The van der Waals surface area contributed by atoms with Crippen LogP contribution in [0, 0.1) is 0 Å². The van der Waals surface area contributed by atoms with Gasteiger partial charge in [-0.05, 0) is 19.3 Å². The van der Waals surface area contributed by atoms with Gasteiger partial charge >= 0.3 is 0 Å². The normalized spacial score (nSPS) is 12.0. The molecule has 0 aromatic rings. The van der Waals surface area contributed by atoms with Crippen molar-refractivity contribution in [1.82, 2.24) is 0 Å². The van der Waals surface area contributed by atoms with Gasteiger partial charge in [0.2, 0.25) is 0 Å². The van der Waals surface area contributed by atoms with E-state index < -0.39 is 0 Å². The molecule has 0 aromatic heterocycles. The molecule has 0 aliphatic carbocycles. The van der Waals surface area contributed by atoms with Gasteiger partial charge in [0.15, 0.2) is 0 Å². The average Bonchev–Trinajstić information content (AvgIpc) is 2.77. The third-order valence-corrected chi connectivity index (χ3v) is 6.24. The van der Waals surface area contributed by atoms with Crippen molar-refractivity contribution in [3.05, 3.63) is 0 Å². The van der Waals surface area contributed by atoms with Crippen molar-refractivity contribution in [2.45, 2.75) is 128 Å². The molecule has 0 radical (unpaired) electrons. The highest BCUT2D eigenvalue weighted by molar-refractivity contribution is 4.84. The van der Waals surface area contributed by atoms with E-state index in [9.17, 15) is 0 Å². The Morgan fingerprint density at radius 1 is 0.516 bits per heavy atom. The summed E-state index contributed by atoms with van der Waals surface area (Å²) in [4.78, 5) is 0. The van der Waals surface area contributed by atoms with Crippen molar-refractivity contribution in [3.63, 3.8) is 0 Å². The molecule has 5 heteroatoms. The van der Waals surface area contributed by atoms with Gasteiger partial charge < -0.3 is 25.4 Å². The highest BCUT2D eigenvalue weighted by atomic mass is 16.5. The number of aliphatic hydroxyl groups excluding tert-OH is 2. The van der Waals surface area contributed by atoms with Crippen LogP contribution in [0.25, 0.3) is 0 Å². The minimum atomic E-state index is -0.276. The molecule has 0 fully saturated rings. The van der Waals surface area contributed by atoms with Crippen molar-refractivity contribution < 1.29 is 19.7 Å². The molecule has 5 nitrogen and oxygen atoms in total. The van der Waals surface area contributed by atoms with Crippen LogP contribution in [0.3, 0.4) is 0 Å². The maximum absolute atomic E-state index is 8.85. The standard InChI is InChI=1S/C26H55NO4/c1-2-3-4-5-6-7-8-9-10-11-12-13-14-15-16-17-26(27,18-22-30-24-20-28)19-23-31-25-21-29/h28-29H,2-25,27H2,1H3. The molecular weight excluding hydrogens is 390 g/mol. The van der Waals surface area contributed by atoms with Crippen LogP contribution in [0.5, 0.6) is 0 Å². The summed E-state index contributed by atoms with van der Waals surface area (Å²) in [7, 11) is 0. The van der Waals surface area contributed by atoms with E-state index in [-0.39, 0.29) is 18.8 Å². The fourth-order valence-corrected chi connectivity index (χ4v) is 4.11. The molecule has 0 atom stereocenters. The molecule has 0 bridgehead atoms. The van der Waals surface area contributed by atoms with Gasteiger partial charge in [-0.25, -0.2) is 0 Å². The van der Waals surface area contributed by atoms with E-state index in [0.29, 0.717) is 26.4 Å². The summed E-state index contributed by atoms with van der Waals surface area (Å²) in [5.74, 6) is 0. The first-order chi connectivity index (χ1) is 15.2. The van der Waals surface area contributed by atoms with E-state index in [0.717, 1.165) is 25.7 Å². The molecule has 0 spiro atoms. The fourth-order valence-electron chi connectivity index (χ4n) is 4.11. The number of unbranched alkanes of at least 4 members (excludes halogenated alkanes) is 14. The second kappa shape index (κ2) is 24.4. The molecule has 0 unspecified atom stereocenters. The zero-order valence-electron chi connectivity index (χ0n) is 20.8. The predicted octanol–water partition coefficient (Wildman–Crippen LogP) is 5.74. The number of rotatable bonds is 26. The fraction of sp³-hybridized carbons (Fsp3) is 1.00. The van der Waals surface area contributed by atoms with Crippen molar-refractivity contribution in [3.8, 4) is 0 Å². The van der Waals surface area contributed by atoms with Gasteiger partial charge in [0.25, 0.3) is 0 Å². The van der Waals surface area contributed by atoms with Gasteiger partial charge in [-0.2, -0.15) is 0 Å². The first-order valence-corrected chi connectivity index (χ1v) is 13.3. The smallest absolute Gasteiger partial charge is 0.0697 e. The van der Waals surface area contributed by atoms with E-state index >= 15 is 0 Å². The second-order valence-electron chi connectivity index (χ2n) is 9.23. The lowest BCUT2D eigenvalue weighted by atomic mass is 9.87. The first kappa shape index (κ1) is 30.8. The molecule has 4 N–H and O–H groups in total. The topological polar surface area (TPSA) is 84.9 Å². The lowest BCUT2D eigenvalue weighted by Crippen LogP contribution is -2.42. The maximum atomic E-state index is 8.85. The molecule has 0 aliphatic rings. The minimum absolute atomic E-state index is 0.0518. The van der Waals surface area contributed by atoms with Crippen molar-refractivity contribution >= 4 is 0 Å². The van der Waals surface area contributed by atoms with E-state index in [4.69, 9.17) is 25.4 Å². The zero-order chi connectivity index (χ0) is 22.9. The van der Waals surface area contributed by atoms with Crippen LogP contribution in [0.2, 0.25) is 0 Å². The number of ether oxygens (including phenoxy) is 2. The highest BCUT2D eigenvalue weighted by Crippen LogP contribution is 2.22. The summed E-state index contributed by atoms with van der Waals surface area (Å²) in [6.07, 6.45) is 23.1. The van der Waals surface area contributed by atoms with Crippen LogP contribution in [0.15, 0.2) is 0 Å². The Kier molecular flexibility index (Phi) is 24.3. The third-order valence-electron chi connectivity index (χ3n) is 6.24. The van der Waals surface area contributed by atoms with E-state index in [1.165, 1.54) is 89.9 Å². The Morgan fingerprint density at radius 2 is 0.871 bits per heavy atom. The van der Waals surface area contributed by atoms with Gasteiger partial charge in [0, 0.05) is 18.8 Å². The minimum Gasteiger partial charge on any atom is -0.394 e. The quantitative estimate of drug-likeness (QED) is 0.148. The monoisotopic (exact) mass is 445 g/mol. The maximum Gasteiger partial charge on any atom is 0.0697 e. The molecule has 0 saturated heterocycles. The molecule has 188 valence electrons. The highest BCUT2D eigenvalue weighted by Gasteiger charge is 2.24. The number of nitrogens with two attached hydrogens (primary N) is 1. The first-order valence-electron chi connectivity index (χ1n) is 13.3. The summed E-state index contributed by atoms with van der Waals surface area (Å²) in [6, 6.07) is 0. The van der Waals surface area contributed by atoms with Gasteiger partial charge in [-0.3, -0.25) is 0 Å². The van der Waals surface area contributed by atoms with Crippen LogP contribution in [-0.2, 0) is 9.47 Å². The van der Waals surface area contributed by atoms with E-state index in [1.54, 1.807) is 0 Å². The van der Waals surface area contributed by atoms with Crippen LogP contribution in [0.1, 0.15) is 122 Å². The Balaban J connectivity index is 3.65. The van der Waals surface area contributed by atoms with Crippen LogP contribution in [-0.4, -0.2) is 55.4 Å². The SMILES string of the molecule is CCCCCCCCCCCCCCCCCC(N)(CCOCCO)CCOCCO. The lowest BCUT2D eigenvalue weighted by molar-refractivity contribution is 0.0571. The molecular formula is C26H55NO4. The van der Waals surface area contributed by atoms with Crippen molar-refractivity contribution in [2.24, 2.45) is 5.73 Å². The van der Waals surface area contributed by atoms with E-state index in [1.807, 2.05) is 0 Å². The van der Waals surface area contributed by atoms with Gasteiger partial charge in [-0.1, -0.05) is 103 Å². The number of hydrogen-bond donors (Lipinski definition) is 3. The molecule has 0 aliphatic heterocycles. The largest absolute Gasteiger partial charge is 0.394 e. The molecule has 0 saturated carbocycles. The third kappa shape index (κ3) is 22.8. The van der Waals surface area contributed by atoms with Gasteiger partial charge in [0.1, 0.15) is 0 Å². The summed E-state index contributed by atoms with van der Waals surface area (Å²) in [6.45, 7) is 4.28.